The van der Waals surface area contributed by atoms with Gasteiger partial charge in [0.2, 0.25) is 5.91 Å². The molecule has 0 radical (unpaired) electrons. The van der Waals surface area contributed by atoms with E-state index in [0.717, 1.165) is 96.3 Å². The van der Waals surface area contributed by atoms with E-state index in [1.807, 2.05) is 19.1 Å². The van der Waals surface area contributed by atoms with E-state index in [1.54, 1.807) is 6.08 Å². The van der Waals surface area contributed by atoms with Crippen LogP contribution in [0.15, 0.2) is 72.9 Å². The third-order valence-corrected chi connectivity index (χ3v) is 12.9. The lowest BCUT2D eigenvalue weighted by molar-refractivity contribution is -0.302. The highest BCUT2D eigenvalue weighted by Crippen LogP contribution is 2.23. The van der Waals surface area contributed by atoms with Crippen molar-refractivity contribution in [1.29, 1.82) is 0 Å². The zero-order valence-corrected chi connectivity index (χ0v) is 44.2. The molecule has 11 nitrogen and oxygen atoms in total. The van der Waals surface area contributed by atoms with Crippen LogP contribution >= 0.6 is 0 Å². The summed E-state index contributed by atoms with van der Waals surface area (Å²) in [7, 11) is 0. The van der Waals surface area contributed by atoms with Gasteiger partial charge in [0.1, 0.15) is 24.4 Å². The summed E-state index contributed by atoms with van der Waals surface area (Å²) in [5.74, 6) is -0.271. The summed E-state index contributed by atoms with van der Waals surface area (Å²) in [6, 6.07) is -0.852. The molecule has 70 heavy (non-hydrogen) atoms. The number of allylic oxidation sites excluding steroid dienone is 11. The average molecular weight is 986 g/mol. The van der Waals surface area contributed by atoms with Crippen molar-refractivity contribution in [1.82, 2.24) is 5.32 Å². The fourth-order valence-electron chi connectivity index (χ4n) is 8.34. The summed E-state index contributed by atoms with van der Waals surface area (Å²) in [6.07, 6.45) is 53.1. The molecule has 1 rings (SSSR count). The molecule has 11 heteroatoms. The number of esters is 1. The van der Waals surface area contributed by atoms with Gasteiger partial charge in [0.05, 0.1) is 32.0 Å². The van der Waals surface area contributed by atoms with Crippen LogP contribution in [-0.4, -0.2) is 100 Å². The molecule has 0 bridgehead atoms. The van der Waals surface area contributed by atoms with E-state index in [-0.39, 0.29) is 18.5 Å². The summed E-state index contributed by atoms with van der Waals surface area (Å²) < 4.78 is 16.6. The highest BCUT2D eigenvalue weighted by atomic mass is 16.7. The molecule has 6 N–H and O–H groups in total. The predicted molar refractivity (Wildman–Crippen MR) is 287 cm³/mol. The number of hydrogen-bond donors (Lipinski definition) is 6. The number of amides is 1. The fourth-order valence-corrected chi connectivity index (χ4v) is 8.34. The Balaban J connectivity index is 2.10. The Bertz CT molecular complexity index is 1390. The second kappa shape index (κ2) is 48.4. The van der Waals surface area contributed by atoms with Crippen molar-refractivity contribution >= 4 is 11.9 Å². The third kappa shape index (κ3) is 37.8. The maximum absolute atomic E-state index is 13.0. The van der Waals surface area contributed by atoms with Crippen molar-refractivity contribution in [3.8, 4) is 0 Å². The quantitative estimate of drug-likeness (QED) is 0.0149. The second-order valence-corrected chi connectivity index (χ2v) is 19.3. The van der Waals surface area contributed by atoms with E-state index in [0.29, 0.717) is 32.3 Å². The van der Waals surface area contributed by atoms with Gasteiger partial charge in [0.15, 0.2) is 6.29 Å². The topological polar surface area (TPSA) is 175 Å². The van der Waals surface area contributed by atoms with Gasteiger partial charge in [-0.1, -0.05) is 176 Å². The molecule has 0 aromatic heterocycles. The molecule has 1 saturated heterocycles. The highest BCUT2D eigenvalue weighted by molar-refractivity contribution is 5.76. The van der Waals surface area contributed by atoms with E-state index in [1.165, 1.54) is 89.9 Å². The average Bonchev–Trinajstić information content (AvgIpc) is 3.36. The Labute approximate surface area is 426 Å². The van der Waals surface area contributed by atoms with Gasteiger partial charge in [-0.05, 0) is 110 Å². The molecule has 1 aliphatic rings. The Morgan fingerprint density at radius 3 is 1.59 bits per heavy atom. The highest BCUT2D eigenvalue weighted by Gasteiger charge is 2.44. The van der Waals surface area contributed by atoms with Gasteiger partial charge in [-0.2, -0.15) is 0 Å². The summed E-state index contributed by atoms with van der Waals surface area (Å²) >= 11 is 0. The summed E-state index contributed by atoms with van der Waals surface area (Å²) in [5.41, 5.74) is 0. The van der Waals surface area contributed by atoms with Crippen molar-refractivity contribution in [2.45, 2.75) is 269 Å². The smallest absolute Gasteiger partial charge is 0.305 e. The minimum Gasteiger partial charge on any atom is -0.466 e. The second-order valence-electron chi connectivity index (χ2n) is 19.3. The lowest BCUT2D eigenvalue weighted by Gasteiger charge is -2.40. The maximum Gasteiger partial charge on any atom is 0.305 e. The first-order chi connectivity index (χ1) is 34.2. The number of carbonyl (C=O) groups excluding carboxylic acids is 2. The van der Waals surface area contributed by atoms with E-state index < -0.39 is 49.5 Å². The number of rotatable bonds is 47. The van der Waals surface area contributed by atoms with Crippen LogP contribution in [0, 0.1) is 0 Å². The van der Waals surface area contributed by atoms with Crippen LogP contribution in [0.4, 0.5) is 0 Å². The maximum atomic E-state index is 13.0. The molecule has 0 aromatic carbocycles. The van der Waals surface area contributed by atoms with Crippen LogP contribution in [0.2, 0.25) is 0 Å². The molecule has 0 saturated carbocycles. The van der Waals surface area contributed by atoms with Crippen molar-refractivity contribution in [3.63, 3.8) is 0 Å². The molecule has 0 aromatic rings. The first kappa shape index (κ1) is 65.1. The van der Waals surface area contributed by atoms with Crippen molar-refractivity contribution < 1.29 is 49.3 Å². The molecule has 0 aliphatic carbocycles. The number of carbonyl (C=O) groups is 2. The molecule has 1 fully saturated rings. The normalized spacial score (nSPS) is 19.8. The lowest BCUT2D eigenvalue weighted by atomic mass is 9.99. The van der Waals surface area contributed by atoms with E-state index in [4.69, 9.17) is 14.2 Å². The zero-order valence-electron chi connectivity index (χ0n) is 44.2. The van der Waals surface area contributed by atoms with Crippen LogP contribution in [-0.2, 0) is 23.8 Å². The SMILES string of the molecule is C/C=C/CC/C=C/CC/C=C/C(O)C(COC1OC(CO)C(O)C(O)C1O)NC(=O)CCCCCCCC/C=C\C=C/CCCCCOC(=O)CCCCCCCCC/C=C\CCCCCCCCC. The summed E-state index contributed by atoms with van der Waals surface area (Å²) in [5, 5.41) is 54.0. The number of aliphatic hydroxyl groups excluding tert-OH is 5. The van der Waals surface area contributed by atoms with E-state index in [2.05, 4.69) is 66.9 Å². The van der Waals surface area contributed by atoms with Crippen molar-refractivity contribution in [3.05, 3.63) is 72.9 Å². The molecule has 1 aliphatic heterocycles. The summed E-state index contributed by atoms with van der Waals surface area (Å²) in [6.45, 7) is 3.99. The summed E-state index contributed by atoms with van der Waals surface area (Å²) in [4.78, 5) is 25.0. The van der Waals surface area contributed by atoms with Gasteiger partial charge >= 0.3 is 5.97 Å². The Hall–Kier alpha value is -2.90. The van der Waals surface area contributed by atoms with Gasteiger partial charge in [0.25, 0.3) is 0 Å². The van der Waals surface area contributed by atoms with Gasteiger partial charge in [-0.3, -0.25) is 9.59 Å². The van der Waals surface area contributed by atoms with Gasteiger partial charge in [-0.25, -0.2) is 0 Å². The molecule has 7 unspecified atom stereocenters. The Morgan fingerprint density at radius 2 is 1.03 bits per heavy atom. The molecule has 1 heterocycles. The monoisotopic (exact) mass is 986 g/mol. The van der Waals surface area contributed by atoms with Crippen LogP contribution in [0.3, 0.4) is 0 Å². The van der Waals surface area contributed by atoms with Crippen LogP contribution in [0.25, 0.3) is 0 Å². The number of nitrogens with one attached hydrogen (secondary N) is 1. The van der Waals surface area contributed by atoms with Crippen LogP contribution in [0.5, 0.6) is 0 Å². The largest absolute Gasteiger partial charge is 0.466 e. The first-order valence-electron chi connectivity index (χ1n) is 28.2. The zero-order chi connectivity index (χ0) is 51.0. The van der Waals surface area contributed by atoms with Crippen molar-refractivity contribution in [2.24, 2.45) is 0 Å². The van der Waals surface area contributed by atoms with E-state index >= 15 is 0 Å². The number of hydrogen-bond acceptors (Lipinski definition) is 10. The Kier molecular flexibility index (Phi) is 45.0. The standard InChI is InChI=1S/C59H103NO10/c1-3-5-7-9-11-13-14-15-16-17-18-21-24-27-31-35-39-43-47-55(64)68-48-44-40-36-32-28-25-22-19-20-23-26-30-34-38-42-46-54(63)60-51(52(62)45-41-37-33-29-12-10-8-6-4-2)50-69-59-58(67)57(66)56(65)53(49-61)70-59/h4,6,12,16-17,19,22,25,28-29,41,45,51-53,56-59,61-62,65-67H,3,5,7-11,13-15,18,20-21,23-24,26-27,30-40,42-44,46-50H2,1-2H3,(H,60,63)/b6-4+,17-16-,22-19-,28-25-,29-12+,45-41+. The molecular formula is C59H103NO10. The number of ether oxygens (including phenoxy) is 3. The lowest BCUT2D eigenvalue weighted by Crippen LogP contribution is -2.60. The third-order valence-electron chi connectivity index (χ3n) is 12.9. The molecule has 1 amide bonds. The van der Waals surface area contributed by atoms with Gasteiger partial charge in [-0.15, -0.1) is 0 Å². The van der Waals surface area contributed by atoms with Gasteiger partial charge in [0, 0.05) is 12.8 Å². The Morgan fingerprint density at radius 1 is 0.557 bits per heavy atom. The first-order valence-corrected chi connectivity index (χ1v) is 28.2. The fraction of sp³-hybridized carbons (Fsp3) is 0.763. The molecular weight excluding hydrogens is 883 g/mol. The minimum atomic E-state index is -1.59. The number of unbranched alkanes of at least 4 members (excludes halogenated alkanes) is 25. The van der Waals surface area contributed by atoms with E-state index in [9.17, 15) is 35.1 Å². The molecule has 404 valence electrons. The van der Waals surface area contributed by atoms with Gasteiger partial charge < -0.3 is 45.1 Å². The number of aliphatic hydroxyl groups is 5. The van der Waals surface area contributed by atoms with Crippen molar-refractivity contribution in [2.75, 3.05) is 19.8 Å². The van der Waals surface area contributed by atoms with Crippen LogP contribution < -0.4 is 5.32 Å². The van der Waals surface area contributed by atoms with Crippen LogP contribution in [0.1, 0.15) is 226 Å². The minimum absolute atomic E-state index is 0.0468. The molecule has 0 spiro atoms. The predicted octanol–water partition coefficient (Wildman–Crippen LogP) is 12.4. The molecule has 7 atom stereocenters.